The fourth-order valence-electron chi connectivity index (χ4n) is 2.76. The SMILES string of the molecule is COc1ccc(Cl)cc1[C@@]1(C)C(=O)Nc2cc(Cl)ccc21. The zero-order chi connectivity index (χ0) is 15.2. The number of hydrogen-bond acceptors (Lipinski definition) is 2. The summed E-state index contributed by atoms with van der Waals surface area (Å²) in [6, 6.07) is 10.7. The molecule has 2 aromatic carbocycles. The van der Waals surface area contributed by atoms with Gasteiger partial charge < -0.3 is 10.1 Å². The summed E-state index contributed by atoms with van der Waals surface area (Å²) in [6.45, 7) is 1.86. The van der Waals surface area contributed by atoms with Crippen molar-refractivity contribution in [3.05, 3.63) is 57.6 Å². The summed E-state index contributed by atoms with van der Waals surface area (Å²) in [5.41, 5.74) is 1.45. The molecule has 3 rings (SSSR count). The third-order valence-corrected chi connectivity index (χ3v) is 4.39. The van der Waals surface area contributed by atoms with Crippen molar-refractivity contribution in [2.24, 2.45) is 0 Å². The molecule has 0 saturated carbocycles. The summed E-state index contributed by atoms with van der Waals surface area (Å²) in [5, 5.41) is 4.01. The first-order valence-electron chi connectivity index (χ1n) is 6.42. The molecule has 0 bridgehead atoms. The van der Waals surface area contributed by atoms with Crippen LogP contribution in [-0.2, 0) is 10.2 Å². The van der Waals surface area contributed by atoms with Gasteiger partial charge in [0.2, 0.25) is 5.91 Å². The Bertz CT molecular complexity index is 745. The molecule has 2 aromatic rings. The van der Waals surface area contributed by atoms with E-state index in [2.05, 4.69) is 5.32 Å². The number of carbonyl (C=O) groups excluding carboxylic acids is 1. The Balaban J connectivity index is 2.27. The van der Waals surface area contributed by atoms with Crippen molar-refractivity contribution >= 4 is 34.8 Å². The third kappa shape index (κ3) is 2.08. The molecule has 1 aliphatic heterocycles. The molecular weight excluding hydrogens is 309 g/mol. The van der Waals surface area contributed by atoms with Crippen LogP contribution in [0.2, 0.25) is 10.0 Å². The van der Waals surface area contributed by atoms with Crippen LogP contribution < -0.4 is 10.1 Å². The summed E-state index contributed by atoms with van der Waals surface area (Å²) >= 11 is 12.1. The molecule has 0 aliphatic carbocycles. The molecular formula is C16H13Cl2NO2. The Morgan fingerprint density at radius 1 is 1.05 bits per heavy atom. The molecule has 0 radical (unpaired) electrons. The fraction of sp³-hybridized carbons (Fsp3) is 0.188. The monoisotopic (exact) mass is 321 g/mol. The molecule has 1 aliphatic rings. The summed E-state index contributed by atoms with van der Waals surface area (Å²) in [7, 11) is 1.58. The predicted octanol–water partition coefficient (Wildman–Crippen LogP) is 4.26. The van der Waals surface area contributed by atoms with E-state index in [0.29, 0.717) is 15.8 Å². The van der Waals surface area contributed by atoms with E-state index in [9.17, 15) is 4.79 Å². The molecule has 0 saturated heterocycles. The zero-order valence-electron chi connectivity index (χ0n) is 11.5. The number of fused-ring (bicyclic) bond motifs is 1. The van der Waals surface area contributed by atoms with E-state index in [-0.39, 0.29) is 5.91 Å². The fourth-order valence-corrected chi connectivity index (χ4v) is 3.11. The quantitative estimate of drug-likeness (QED) is 0.897. The van der Waals surface area contributed by atoms with E-state index >= 15 is 0 Å². The lowest BCUT2D eigenvalue weighted by Gasteiger charge is -2.25. The number of rotatable bonds is 2. The molecule has 5 heteroatoms. The number of anilines is 1. The second kappa shape index (κ2) is 4.93. The largest absolute Gasteiger partial charge is 0.496 e. The van der Waals surface area contributed by atoms with Crippen LogP contribution in [0.3, 0.4) is 0 Å². The second-order valence-corrected chi connectivity index (χ2v) is 5.99. The summed E-state index contributed by atoms with van der Waals surface area (Å²) < 4.78 is 5.40. The molecule has 0 spiro atoms. The first kappa shape index (κ1) is 14.2. The molecule has 0 fully saturated rings. The zero-order valence-corrected chi connectivity index (χ0v) is 13.0. The van der Waals surface area contributed by atoms with Crippen molar-refractivity contribution < 1.29 is 9.53 Å². The van der Waals surface area contributed by atoms with Gasteiger partial charge in [0.1, 0.15) is 11.2 Å². The van der Waals surface area contributed by atoms with E-state index in [1.54, 1.807) is 37.4 Å². The van der Waals surface area contributed by atoms with Gasteiger partial charge >= 0.3 is 0 Å². The second-order valence-electron chi connectivity index (χ2n) is 5.11. The van der Waals surface area contributed by atoms with Gasteiger partial charge in [0.15, 0.2) is 0 Å². The third-order valence-electron chi connectivity index (χ3n) is 3.92. The highest BCUT2D eigenvalue weighted by molar-refractivity contribution is 6.31. The molecule has 0 aromatic heterocycles. The summed E-state index contributed by atoms with van der Waals surface area (Å²) in [6.07, 6.45) is 0. The van der Waals surface area contributed by atoms with Crippen LogP contribution in [0.1, 0.15) is 18.1 Å². The van der Waals surface area contributed by atoms with Crippen molar-refractivity contribution in [3.8, 4) is 5.75 Å². The molecule has 3 nitrogen and oxygen atoms in total. The number of halogens is 2. The molecule has 1 amide bonds. The highest BCUT2D eigenvalue weighted by Gasteiger charge is 2.46. The average molecular weight is 322 g/mol. The maximum atomic E-state index is 12.6. The standard InChI is InChI=1S/C16H13Cl2NO2/c1-16(12-7-9(17)4-6-14(12)21-2)11-5-3-10(18)8-13(11)19-15(16)20/h3-8H,1-2H3,(H,19,20)/t16-/m0/s1. The Kier molecular flexibility index (Phi) is 3.34. The van der Waals surface area contributed by atoms with Gasteiger partial charge in [-0.1, -0.05) is 29.3 Å². The van der Waals surface area contributed by atoms with Gasteiger partial charge in [0.25, 0.3) is 0 Å². The van der Waals surface area contributed by atoms with E-state index in [1.165, 1.54) is 0 Å². The van der Waals surface area contributed by atoms with Crippen LogP contribution >= 0.6 is 23.2 Å². The number of amides is 1. The van der Waals surface area contributed by atoms with E-state index < -0.39 is 5.41 Å². The maximum Gasteiger partial charge on any atom is 0.239 e. The van der Waals surface area contributed by atoms with Crippen LogP contribution in [0, 0.1) is 0 Å². The smallest absolute Gasteiger partial charge is 0.239 e. The molecule has 1 N–H and O–H groups in total. The van der Waals surface area contributed by atoms with Crippen LogP contribution in [0.5, 0.6) is 5.75 Å². The minimum Gasteiger partial charge on any atom is -0.496 e. The molecule has 1 heterocycles. The minimum atomic E-state index is -0.865. The van der Waals surface area contributed by atoms with Crippen molar-refractivity contribution in [2.75, 3.05) is 12.4 Å². The van der Waals surface area contributed by atoms with Crippen LogP contribution in [0.25, 0.3) is 0 Å². The van der Waals surface area contributed by atoms with Gasteiger partial charge in [0, 0.05) is 21.3 Å². The van der Waals surface area contributed by atoms with E-state index in [1.807, 2.05) is 13.0 Å². The van der Waals surface area contributed by atoms with Crippen molar-refractivity contribution in [1.82, 2.24) is 0 Å². The number of methoxy groups -OCH3 is 1. The Labute approximate surface area is 132 Å². The van der Waals surface area contributed by atoms with Crippen molar-refractivity contribution in [1.29, 1.82) is 0 Å². The molecule has 108 valence electrons. The predicted molar refractivity (Wildman–Crippen MR) is 84.5 cm³/mol. The molecule has 21 heavy (non-hydrogen) atoms. The minimum absolute atomic E-state index is 0.125. The first-order chi connectivity index (χ1) is 9.96. The van der Waals surface area contributed by atoms with E-state index in [0.717, 1.165) is 16.8 Å². The highest BCUT2D eigenvalue weighted by Crippen LogP contribution is 2.46. The first-order valence-corrected chi connectivity index (χ1v) is 7.18. The average Bonchev–Trinajstić information content (AvgIpc) is 2.70. The van der Waals surface area contributed by atoms with Crippen molar-refractivity contribution in [3.63, 3.8) is 0 Å². The van der Waals surface area contributed by atoms with Crippen LogP contribution in [-0.4, -0.2) is 13.0 Å². The van der Waals surface area contributed by atoms with Gasteiger partial charge in [-0.2, -0.15) is 0 Å². The number of carbonyl (C=O) groups is 1. The van der Waals surface area contributed by atoms with Gasteiger partial charge in [-0.3, -0.25) is 4.79 Å². The van der Waals surface area contributed by atoms with Gasteiger partial charge in [-0.25, -0.2) is 0 Å². The Morgan fingerprint density at radius 2 is 1.71 bits per heavy atom. The van der Waals surface area contributed by atoms with Crippen LogP contribution in [0.4, 0.5) is 5.69 Å². The number of benzene rings is 2. The molecule has 0 unspecified atom stereocenters. The number of ether oxygens (including phenoxy) is 1. The lowest BCUT2D eigenvalue weighted by Crippen LogP contribution is -2.32. The van der Waals surface area contributed by atoms with Gasteiger partial charge in [-0.05, 0) is 42.8 Å². The van der Waals surface area contributed by atoms with E-state index in [4.69, 9.17) is 27.9 Å². The molecule has 1 atom stereocenters. The maximum absolute atomic E-state index is 12.6. The van der Waals surface area contributed by atoms with Crippen LogP contribution in [0.15, 0.2) is 36.4 Å². The van der Waals surface area contributed by atoms with Crippen molar-refractivity contribution in [2.45, 2.75) is 12.3 Å². The lowest BCUT2D eigenvalue weighted by atomic mass is 9.77. The lowest BCUT2D eigenvalue weighted by molar-refractivity contribution is -0.119. The Hall–Kier alpha value is -1.71. The highest BCUT2D eigenvalue weighted by atomic mass is 35.5. The number of nitrogens with one attached hydrogen (secondary N) is 1. The summed E-state index contributed by atoms with van der Waals surface area (Å²) in [4.78, 5) is 12.6. The Morgan fingerprint density at radius 3 is 2.43 bits per heavy atom. The summed E-state index contributed by atoms with van der Waals surface area (Å²) in [5.74, 6) is 0.500. The van der Waals surface area contributed by atoms with Gasteiger partial charge in [0.05, 0.1) is 7.11 Å². The van der Waals surface area contributed by atoms with Gasteiger partial charge in [-0.15, -0.1) is 0 Å². The topological polar surface area (TPSA) is 38.3 Å². The number of hydrogen-bond donors (Lipinski definition) is 1. The normalized spacial score (nSPS) is 20.1.